The van der Waals surface area contributed by atoms with Crippen molar-refractivity contribution in [2.45, 2.75) is 58.2 Å². The molecule has 0 aliphatic carbocycles. The molecule has 2 atom stereocenters. The molecule has 0 unspecified atom stereocenters. The lowest BCUT2D eigenvalue weighted by Crippen LogP contribution is -2.44. The SMILES string of the molecule is C=CC[C@H](CC(C)C)N[S@+]([O-])C(C)(C)C. The van der Waals surface area contributed by atoms with E-state index >= 15 is 0 Å². The van der Waals surface area contributed by atoms with E-state index in [-0.39, 0.29) is 10.8 Å². The summed E-state index contributed by atoms with van der Waals surface area (Å²) < 4.78 is 14.9. The molecule has 0 heterocycles. The molecule has 0 rings (SSSR count). The summed E-state index contributed by atoms with van der Waals surface area (Å²) >= 11 is -0.983. The highest BCUT2D eigenvalue weighted by Crippen LogP contribution is 2.17. The Hall–Kier alpha value is 0.01000. The van der Waals surface area contributed by atoms with E-state index in [0.29, 0.717) is 5.92 Å². The van der Waals surface area contributed by atoms with Crippen LogP contribution in [0.2, 0.25) is 0 Å². The van der Waals surface area contributed by atoms with Crippen molar-refractivity contribution in [3.8, 4) is 0 Å². The molecular formula is C12H25NOS. The van der Waals surface area contributed by atoms with Gasteiger partial charge in [-0.25, -0.2) is 0 Å². The molecule has 0 aromatic carbocycles. The first-order valence-corrected chi connectivity index (χ1v) is 6.71. The van der Waals surface area contributed by atoms with Gasteiger partial charge in [-0.1, -0.05) is 19.9 Å². The van der Waals surface area contributed by atoms with Crippen LogP contribution in [0.1, 0.15) is 47.5 Å². The largest absolute Gasteiger partial charge is 0.598 e. The third-order valence-electron chi connectivity index (χ3n) is 2.04. The van der Waals surface area contributed by atoms with Crippen LogP contribution in [-0.4, -0.2) is 15.3 Å². The van der Waals surface area contributed by atoms with Gasteiger partial charge in [0.2, 0.25) is 0 Å². The average molecular weight is 231 g/mol. The maximum Gasteiger partial charge on any atom is 0.136 e. The fraction of sp³-hybridized carbons (Fsp3) is 0.833. The van der Waals surface area contributed by atoms with Gasteiger partial charge in [0.25, 0.3) is 0 Å². The van der Waals surface area contributed by atoms with Gasteiger partial charge in [0.15, 0.2) is 0 Å². The van der Waals surface area contributed by atoms with Gasteiger partial charge in [-0.15, -0.1) is 11.3 Å². The lowest BCUT2D eigenvalue weighted by molar-refractivity contribution is 0.453. The van der Waals surface area contributed by atoms with Gasteiger partial charge in [0.05, 0.1) is 6.04 Å². The van der Waals surface area contributed by atoms with E-state index in [0.717, 1.165) is 12.8 Å². The molecule has 0 radical (unpaired) electrons. The van der Waals surface area contributed by atoms with Crippen LogP contribution in [-0.2, 0) is 11.4 Å². The van der Waals surface area contributed by atoms with Gasteiger partial charge in [-0.05, 0) is 39.5 Å². The quantitative estimate of drug-likeness (QED) is 0.563. The second kappa shape index (κ2) is 6.56. The van der Waals surface area contributed by atoms with Crippen molar-refractivity contribution in [3.05, 3.63) is 12.7 Å². The molecule has 90 valence electrons. The second-order valence-corrected chi connectivity index (χ2v) is 7.35. The minimum atomic E-state index is -0.983. The zero-order chi connectivity index (χ0) is 12.1. The summed E-state index contributed by atoms with van der Waals surface area (Å²) in [5.41, 5.74) is 0. The van der Waals surface area contributed by atoms with Crippen LogP contribution in [0, 0.1) is 5.92 Å². The number of nitrogens with one attached hydrogen (secondary N) is 1. The molecule has 0 saturated carbocycles. The van der Waals surface area contributed by atoms with E-state index in [9.17, 15) is 4.55 Å². The Morgan fingerprint density at radius 1 is 1.40 bits per heavy atom. The monoisotopic (exact) mass is 231 g/mol. The third-order valence-corrected chi connectivity index (χ3v) is 3.70. The smallest absolute Gasteiger partial charge is 0.136 e. The van der Waals surface area contributed by atoms with E-state index in [2.05, 4.69) is 25.1 Å². The summed E-state index contributed by atoms with van der Waals surface area (Å²) in [6, 6.07) is 0.280. The Kier molecular flexibility index (Phi) is 6.57. The van der Waals surface area contributed by atoms with E-state index in [4.69, 9.17) is 0 Å². The van der Waals surface area contributed by atoms with Crippen molar-refractivity contribution in [2.24, 2.45) is 5.92 Å². The first-order valence-electron chi connectivity index (χ1n) is 5.56. The summed E-state index contributed by atoms with van der Waals surface area (Å²) in [4.78, 5) is 0. The summed E-state index contributed by atoms with van der Waals surface area (Å²) in [6.45, 7) is 14.0. The topological polar surface area (TPSA) is 35.1 Å². The average Bonchev–Trinajstić information content (AvgIpc) is 2.01. The summed E-state index contributed by atoms with van der Waals surface area (Å²) in [5.74, 6) is 0.611. The van der Waals surface area contributed by atoms with E-state index in [1.165, 1.54) is 0 Å². The van der Waals surface area contributed by atoms with Gasteiger partial charge in [-0.2, -0.15) is 0 Å². The maximum absolute atomic E-state index is 11.9. The van der Waals surface area contributed by atoms with Crippen molar-refractivity contribution in [1.29, 1.82) is 0 Å². The Morgan fingerprint density at radius 3 is 2.27 bits per heavy atom. The van der Waals surface area contributed by atoms with Crippen LogP contribution in [0.25, 0.3) is 0 Å². The van der Waals surface area contributed by atoms with Crippen molar-refractivity contribution in [3.63, 3.8) is 0 Å². The zero-order valence-electron chi connectivity index (χ0n) is 10.7. The molecule has 0 aromatic heterocycles. The minimum absolute atomic E-state index is 0.198. The molecule has 0 bridgehead atoms. The predicted octanol–water partition coefficient (Wildman–Crippen LogP) is 3.03. The van der Waals surface area contributed by atoms with Gasteiger partial charge < -0.3 is 4.55 Å². The Morgan fingerprint density at radius 2 is 1.93 bits per heavy atom. The van der Waals surface area contributed by atoms with E-state index < -0.39 is 11.4 Å². The summed E-state index contributed by atoms with van der Waals surface area (Å²) in [5, 5.41) is 0. The van der Waals surface area contributed by atoms with Crippen molar-refractivity contribution in [1.82, 2.24) is 4.72 Å². The number of hydrogen-bond donors (Lipinski definition) is 1. The van der Waals surface area contributed by atoms with Crippen molar-refractivity contribution in [2.75, 3.05) is 0 Å². The predicted molar refractivity (Wildman–Crippen MR) is 69.1 cm³/mol. The van der Waals surface area contributed by atoms with Gasteiger partial charge in [0, 0.05) is 11.4 Å². The van der Waals surface area contributed by atoms with Crippen molar-refractivity contribution < 1.29 is 4.55 Å². The first-order chi connectivity index (χ1) is 6.77. The standard InChI is InChI=1S/C12H25NOS/c1-7-8-11(9-10(2)3)13-15(14)12(4,5)6/h7,10-11,13H,1,8-9H2,2-6H3/t11-,15-/m1/s1. The van der Waals surface area contributed by atoms with Gasteiger partial charge >= 0.3 is 0 Å². The van der Waals surface area contributed by atoms with Crippen LogP contribution in [0.4, 0.5) is 0 Å². The van der Waals surface area contributed by atoms with Crippen molar-refractivity contribution >= 4 is 11.4 Å². The van der Waals surface area contributed by atoms with Crippen LogP contribution < -0.4 is 4.72 Å². The summed E-state index contributed by atoms with van der Waals surface area (Å²) in [7, 11) is 0. The maximum atomic E-state index is 11.9. The Balaban J connectivity index is 4.21. The lowest BCUT2D eigenvalue weighted by Gasteiger charge is -2.28. The second-order valence-electron chi connectivity index (χ2n) is 5.35. The van der Waals surface area contributed by atoms with E-state index in [1.54, 1.807) is 0 Å². The molecule has 0 fully saturated rings. The Bertz CT molecular complexity index is 187. The molecule has 15 heavy (non-hydrogen) atoms. The molecule has 2 nitrogen and oxygen atoms in total. The molecule has 0 aliphatic heterocycles. The molecule has 0 amide bonds. The zero-order valence-corrected chi connectivity index (χ0v) is 11.5. The molecule has 3 heteroatoms. The lowest BCUT2D eigenvalue weighted by atomic mass is 10.0. The third kappa shape index (κ3) is 6.98. The molecule has 1 N–H and O–H groups in total. The normalized spacial score (nSPS) is 16.5. The fourth-order valence-corrected chi connectivity index (χ4v) is 2.14. The molecule has 0 saturated heterocycles. The highest BCUT2D eigenvalue weighted by Gasteiger charge is 2.28. The number of rotatable bonds is 6. The first kappa shape index (κ1) is 15.0. The van der Waals surface area contributed by atoms with Crippen LogP contribution in [0.3, 0.4) is 0 Å². The van der Waals surface area contributed by atoms with E-state index in [1.807, 2.05) is 26.8 Å². The fourth-order valence-electron chi connectivity index (χ4n) is 1.29. The highest BCUT2D eigenvalue weighted by atomic mass is 32.2. The van der Waals surface area contributed by atoms with Crippen LogP contribution >= 0.6 is 0 Å². The van der Waals surface area contributed by atoms with Gasteiger partial charge in [-0.3, -0.25) is 0 Å². The molecule has 0 spiro atoms. The highest BCUT2D eigenvalue weighted by molar-refractivity contribution is 7.90. The number of hydrogen-bond acceptors (Lipinski definition) is 2. The molecule has 0 aromatic rings. The van der Waals surface area contributed by atoms with Crippen LogP contribution in [0.5, 0.6) is 0 Å². The van der Waals surface area contributed by atoms with Crippen LogP contribution in [0.15, 0.2) is 12.7 Å². The van der Waals surface area contributed by atoms with Gasteiger partial charge in [0.1, 0.15) is 4.75 Å². The molecular weight excluding hydrogens is 206 g/mol. The minimum Gasteiger partial charge on any atom is -0.598 e. The molecule has 0 aliphatic rings. The summed E-state index contributed by atoms with van der Waals surface area (Å²) in [6.07, 6.45) is 3.80. The Labute approximate surface area is 97.8 Å².